The van der Waals surface area contributed by atoms with Crippen molar-refractivity contribution in [1.29, 1.82) is 0 Å². The molecule has 0 aromatic heterocycles. The summed E-state index contributed by atoms with van der Waals surface area (Å²) in [6, 6.07) is 7.57. The van der Waals surface area contributed by atoms with E-state index in [0.29, 0.717) is 0 Å². The molecule has 1 rings (SSSR count). The van der Waals surface area contributed by atoms with Crippen molar-refractivity contribution in [2.75, 3.05) is 0 Å². The molecular weight excluding hydrogens is 206 g/mol. The van der Waals surface area contributed by atoms with Crippen molar-refractivity contribution in [2.45, 2.75) is 5.25 Å². The van der Waals surface area contributed by atoms with Crippen molar-refractivity contribution in [3.8, 4) is 0 Å². The average Bonchev–Trinajstić information content (AvgIpc) is 2.02. The van der Waals surface area contributed by atoms with E-state index < -0.39 is 21.2 Å². The van der Waals surface area contributed by atoms with E-state index in [1.54, 1.807) is 18.2 Å². The van der Waals surface area contributed by atoms with Crippen molar-refractivity contribution < 1.29 is 18.3 Å². The number of hydrogen-bond donors (Lipinski definition) is 2. The van der Waals surface area contributed by atoms with Crippen molar-refractivity contribution in [1.82, 2.24) is 0 Å². The Hall–Kier alpha value is -1.40. The van der Waals surface area contributed by atoms with Crippen molar-refractivity contribution >= 4 is 16.0 Å². The fourth-order valence-corrected chi connectivity index (χ4v) is 1.92. The van der Waals surface area contributed by atoms with Crippen LogP contribution in [0.4, 0.5) is 0 Å². The maximum absolute atomic E-state index is 11.0. The Bertz CT molecular complexity index is 426. The number of carboxylic acid groups (broad SMARTS) is 1. The summed E-state index contributed by atoms with van der Waals surface area (Å²) in [7, 11) is -4.12. The van der Waals surface area contributed by atoms with Crippen LogP contribution in [0.5, 0.6) is 0 Å². The van der Waals surface area contributed by atoms with Crippen molar-refractivity contribution in [3.05, 3.63) is 35.9 Å². The van der Waals surface area contributed by atoms with Crippen LogP contribution in [-0.2, 0) is 14.8 Å². The monoisotopic (exact) mass is 215 g/mol. The van der Waals surface area contributed by atoms with Gasteiger partial charge in [-0.2, -0.15) is 0 Å². The van der Waals surface area contributed by atoms with Crippen LogP contribution in [0.3, 0.4) is 0 Å². The Balaban J connectivity index is 3.22. The van der Waals surface area contributed by atoms with Gasteiger partial charge in [-0.05, 0) is 5.56 Å². The van der Waals surface area contributed by atoms with Crippen LogP contribution in [0.2, 0.25) is 0 Å². The predicted octanol–water partition coefficient (Wildman–Crippen LogP) is 0.101. The molecule has 5 nitrogen and oxygen atoms in total. The van der Waals surface area contributed by atoms with Gasteiger partial charge in [0.25, 0.3) is 0 Å². The van der Waals surface area contributed by atoms with Gasteiger partial charge in [-0.1, -0.05) is 30.3 Å². The second kappa shape index (κ2) is 3.77. The van der Waals surface area contributed by atoms with Crippen molar-refractivity contribution in [3.63, 3.8) is 0 Å². The van der Waals surface area contributed by atoms with E-state index in [1.807, 2.05) is 0 Å². The highest BCUT2D eigenvalue weighted by molar-refractivity contribution is 7.90. The van der Waals surface area contributed by atoms with E-state index in [0.717, 1.165) is 0 Å². The number of hydrogen-bond acceptors (Lipinski definition) is 3. The number of nitrogens with two attached hydrogens (primary N) is 1. The number of primary sulfonamides is 1. The van der Waals surface area contributed by atoms with E-state index >= 15 is 0 Å². The fraction of sp³-hybridized carbons (Fsp3) is 0.125. The maximum Gasteiger partial charge on any atom is 0.327 e. The summed E-state index contributed by atoms with van der Waals surface area (Å²) in [5.41, 5.74) is 0.155. The molecule has 0 saturated heterocycles. The Morgan fingerprint density at radius 1 is 1.29 bits per heavy atom. The molecule has 76 valence electrons. The summed E-state index contributed by atoms with van der Waals surface area (Å²) in [6.45, 7) is 0. The van der Waals surface area contributed by atoms with Gasteiger partial charge in [-0.3, -0.25) is 4.79 Å². The number of rotatable bonds is 3. The Morgan fingerprint density at radius 3 is 2.14 bits per heavy atom. The quantitative estimate of drug-likeness (QED) is 0.747. The second-order valence-corrected chi connectivity index (χ2v) is 4.37. The molecule has 0 saturated carbocycles. The normalized spacial score (nSPS) is 13.5. The Morgan fingerprint density at radius 2 is 1.79 bits per heavy atom. The fourth-order valence-electron chi connectivity index (χ4n) is 1.10. The number of sulfonamides is 1. The maximum atomic E-state index is 11.0. The molecule has 0 heterocycles. The molecule has 0 bridgehead atoms. The van der Waals surface area contributed by atoms with E-state index in [4.69, 9.17) is 10.2 Å². The Labute approximate surface area is 81.2 Å². The first kappa shape index (κ1) is 10.7. The summed E-state index contributed by atoms with van der Waals surface area (Å²) < 4.78 is 21.9. The highest BCUT2D eigenvalue weighted by Gasteiger charge is 2.30. The van der Waals surface area contributed by atoms with E-state index in [1.165, 1.54) is 12.1 Å². The van der Waals surface area contributed by atoms with Crippen LogP contribution in [0, 0.1) is 0 Å². The highest BCUT2D eigenvalue weighted by atomic mass is 32.2. The van der Waals surface area contributed by atoms with Crippen LogP contribution in [-0.4, -0.2) is 19.5 Å². The molecule has 1 aromatic rings. The van der Waals surface area contributed by atoms with Gasteiger partial charge in [-0.15, -0.1) is 0 Å². The zero-order valence-electron chi connectivity index (χ0n) is 7.12. The van der Waals surface area contributed by atoms with E-state index in [2.05, 4.69) is 0 Å². The molecule has 0 aliphatic rings. The molecule has 0 radical (unpaired) electrons. The van der Waals surface area contributed by atoms with Crippen LogP contribution >= 0.6 is 0 Å². The average molecular weight is 215 g/mol. The van der Waals surface area contributed by atoms with Gasteiger partial charge in [0.2, 0.25) is 10.0 Å². The molecule has 0 fully saturated rings. The largest absolute Gasteiger partial charge is 0.480 e. The van der Waals surface area contributed by atoms with Crippen LogP contribution in [0.25, 0.3) is 0 Å². The number of carbonyl (C=O) groups is 1. The van der Waals surface area contributed by atoms with E-state index in [9.17, 15) is 13.2 Å². The predicted molar refractivity (Wildman–Crippen MR) is 49.9 cm³/mol. The zero-order chi connectivity index (χ0) is 10.8. The van der Waals surface area contributed by atoms with Gasteiger partial charge in [0, 0.05) is 0 Å². The molecule has 0 unspecified atom stereocenters. The van der Waals surface area contributed by atoms with Gasteiger partial charge in [0.15, 0.2) is 5.25 Å². The van der Waals surface area contributed by atoms with Crippen LogP contribution < -0.4 is 5.14 Å². The minimum Gasteiger partial charge on any atom is -0.480 e. The van der Waals surface area contributed by atoms with Crippen LogP contribution in [0.1, 0.15) is 10.8 Å². The Kier molecular flexibility index (Phi) is 2.87. The first-order chi connectivity index (χ1) is 6.43. The summed E-state index contributed by atoms with van der Waals surface area (Å²) >= 11 is 0. The minimum absolute atomic E-state index is 0.155. The third-order valence-electron chi connectivity index (χ3n) is 1.66. The van der Waals surface area contributed by atoms with Gasteiger partial charge in [0.1, 0.15) is 0 Å². The number of benzene rings is 1. The summed E-state index contributed by atoms with van der Waals surface area (Å²) in [5, 5.41) is 11.8. The van der Waals surface area contributed by atoms with Crippen LogP contribution in [0.15, 0.2) is 30.3 Å². The van der Waals surface area contributed by atoms with Gasteiger partial charge in [-0.25, -0.2) is 13.6 Å². The SMILES string of the molecule is NS(=O)(=O)[C@H](C(=O)O)c1ccccc1. The summed E-state index contributed by atoms with van der Waals surface area (Å²) in [6.07, 6.45) is 0. The molecule has 6 heteroatoms. The first-order valence-electron chi connectivity index (χ1n) is 3.72. The lowest BCUT2D eigenvalue weighted by Gasteiger charge is -2.09. The lowest BCUT2D eigenvalue weighted by molar-refractivity contribution is -0.136. The molecule has 0 aliphatic heterocycles. The van der Waals surface area contributed by atoms with E-state index in [-0.39, 0.29) is 5.56 Å². The van der Waals surface area contributed by atoms with Gasteiger partial charge in [0.05, 0.1) is 0 Å². The molecule has 3 N–H and O–H groups in total. The number of carboxylic acids is 1. The molecule has 1 aromatic carbocycles. The zero-order valence-corrected chi connectivity index (χ0v) is 7.94. The molecule has 14 heavy (non-hydrogen) atoms. The third kappa shape index (κ3) is 2.30. The van der Waals surface area contributed by atoms with Gasteiger partial charge >= 0.3 is 5.97 Å². The van der Waals surface area contributed by atoms with Gasteiger partial charge < -0.3 is 5.11 Å². The minimum atomic E-state index is -4.12. The molecular formula is C8H9NO4S. The second-order valence-electron chi connectivity index (χ2n) is 2.72. The molecule has 1 atom stereocenters. The third-order valence-corrected chi connectivity index (χ3v) is 2.79. The molecule has 0 amide bonds. The topological polar surface area (TPSA) is 97.5 Å². The lowest BCUT2D eigenvalue weighted by atomic mass is 10.1. The summed E-state index contributed by atoms with van der Waals surface area (Å²) in [4.78, 5) is 10.7. The number of aliphatic carboxylic acids is 1. The molecule has 0 spiro atoms. The lowest BCUT2D eigenvalue weighted by Crippen LogP contribution is -2.27. The van der Waals surface area contributed by atoms with Crippen molar-refractivity contribution in [2.24, 2.45) is 5.14 Å². The smallest absolute Gasteiger partial charge is 0.327 e. The summed E-state index contributed by atoms with van der Waals surface area (Å²) in [5.74, 6) is -1.47. The first-order valence-corrected chi connectivity index (χ1v) is 5.33. The highest BCUT2D eigenvalue weighted by Crippen LogP contribution is 2.19. The standard InChI is InChI=1S/C8H9NO4S/c9-14(12,13)7(8(10)11)6-4-2-1-3-5-6/h1-5,7H,(H,10,11)(H2,9,12,13)/t7-/m0/s1. The molecule has 0 aliphatic carbocycles.